The Balaban J connectivity index is 1.83. The van der Waals surface area contributed by atoms with Crippen LogP contribution in [0.3, 0.4) is 0 Å². The van der Waals surface area contributed by atoms with Crippen molar-refractivity contribution >= 4 is 5.78 Å². The number of likely N-dealkylation sites (tertiary alicyclic amines) is 1. The average molecular weight is 323 g/mol. The molecule has 1 N–H and O–H groups in total. The third-order valence-electron chi connectivity index (χ3n) is 5.98. The van der Waals surface area contributed by atoms with Gasteiger partial charge < -0.3 is 19.5 Å². The maximum Gasteiger partial charge on any atom is 0.174 e. The first kappa shape index (κ1) is 7.99. The van der Waals surface area contributed by atoms with E-state index in [1.165, 1.54) is 12.1 Å². The molecule has 1 spiro atoms. The molecule has 1 aromatic rings. The molecule has 23 heavy (non-hydrogen) atoms. The summed E-state index contributed by atoms with van der Waals surface area (Å²) in [5.41, 5.74) is -2.97. The molecule has 1 saturated carbocycles. The lowest BCUT2D eigenvalue weighted by atomic mass is 9.49. The van der Waals surface area contributed by atoms with Crippen molar-refractivity contribution < 1.29 is 30.3 Å². The highest BCUT2D eigenvalue weighted by Crippen LogP contribution is 2.64. The molecule has 5 nitrogen and oxygen atoms in total. The van der Waals surface area contributed by atoms with Crippen molar-refractivity contribution in [2.24, 2.45) is 0 Å². The quantitative estimate of drug-likeness (QED) is 0.837. The van der Waals surface area contributed by atoms with Crippen LogP contribution in [-0.4, -0.2) is 54.1 Å². The summed E-state index contributed by atoms with van der Waals surface area (Å²) < 4.78 is 74.9. The van der Waals surface area contributed by atoms with Crippen LogP contribution in [0.2, 0.25) is 0 Å². The van der Waals surface area contributed by atoms with Gasteiger partial charge in [0.2, 0.25) is 0 Å². The molecule has 1 unspecified atom stereocenters. The Labute approximate surface area is 146 Å². The molecule has 122 valence electrons. The lowest BCUT2D eigenvalue weighted by Crippen LogP contribution is -2.76. The number of piperidine rings is 1. The fourth-order valence-electron chi connectivity index (χ4n) is 5.01. The highest BCUT2D eigenvalue weighted by molar-refractivity contribution is 5.90. The van der Waals surface area contributed by atoms with E-state index in [0.717, 1.165) is 4.90 Å². The van der Waals surface area contributed by atoms with Gasteiger partial charge in [-0.1, -0.05) is 6.07 Å². The van der Waals surface area contributed by atoms with Crippen LogP contribution in [0.15, 0.2) is 12.1 Å². The zero-order chi connectivity index (χ0) is 22.8. The number of ketones is 1. The van der Waals surface area contributed by atoms with E-state index in [0.29, 0.717) is 0 Å². The number of hydrogen-bond donors (Lipinski definition) is 1. The van der Waals surface area contributed by atoms with Gasteiger partial charge in [0.15, 0.2) is 23.4 Å². The number of carbonyl (C=O) groups excluding carboxylic acids is 1. The first-order valence-corrected chi connectivity index (χ1v) is 7.70. The van der Waals surface area contributed by atoms with E-state index in [1.807, 2.05) is 0 Å². The number of nitrogens with zero attached hydrogens (tertiary/aromatic N) is 1. The number of rotatable bonds is 1. The summed E-state index contributed by atoms with van der Waals surface area (Å²) in [4.78, 5) is 13.9. The monoisotopic (exact) mass is 323 g/mol. The molecular formula is C18H21NO4. The minimum atomic E-state index is -2.80. The van der Waals surface area contributed by atoms with Crippen molar-refractivity contribution in [3.05, 3.63) is 23.3 Å². The van der Waals surface area contributed by atoms with Gasteiger partial charge in [-0.3, -0.25) is 4.79 Å². The van der Waals surface area contributed by atoms with Crippen LogP contribution in [0, 0.1) is 0 Å². The molecule has 2 bridgehead atoms. The predicted molar refractivity (Wildman–Crippen MR) is 83.0 cm³/mol. The van der Waals surface area contributed by atoms with Gasteiger partial charge in [-0.05, 0) is 44.4 Å². The second-order valence-corrected chi connectivity index (χ2v) is 6.77. The number of likely N-dealkylation sites (N-methyl/N-ethyl adjacent to an activating group) is 1. The largest absolute Gasteiger partial charge is 0.493 e. The van der Waals surface area contributed by atoms with Gasteiger partial charge in [0, 0.05) is 24.9 Å². The topological polar surface area (TPSA) is 59.0 Å². The maximum absolute atomic E-state index is 12.9. The normalized spacial score (nSPS) is 49.0. The Morgan fingerprint density at radius 3 is 3.26 bits per heavy atom. The van der Waals surface area contributed by atoms with Gasteiger partial charge in [-0.25, -0.2) is 0 Å². The maximum atomic E-state index is 12.9. The number of benzene rings is 1. The second kappa shape index (κ2) is 4.08. The summed E-state index contributed by atoms with van der Waals surface area (Å²) in [6.07, 6.45) is -3.66. The van der Waals surface area contributed by atoms with E-state index in [-0.39, 0.29) is 54.2 Å². The number of ether oxygens (including phenoxy) is 2. The van der Waals surface area contributed by atoms with E-state index in [2.05, 4.69) is 0 Å². The number of carbonyl (C=O) groups is 1. The van der Waals surface area contributed by atoms with Crippen molar-refractivity contribution in [2.75, 3.05) is 20.6 Å². The molecule has 2 aliphatic heterocycles. The summed E-state index contributed by atoms with van der Waals surface area (Å²) >= 11 is 0. The lowest BCUT2D eigenvalue weighted by Gasteiger charge is -2.62. The fourth-order valence-corrected chi connectivity index (χ4v) is 5.01. The highest BCUT2D eigenvalue weighted by atomic mass is 16.5. The lowest BCUT2D eigenvalue weighted by molar-refractivity contribution is -0.185. The average Bonchev–Trinajstić information content (AvgIpc) is 2.96. The molecule has 0 aromatic heterocycles. The molecule has 4 atom stereocenters. The summed E-state index contributed by atoms with van der Waals surface area (Å²) in [5, 5.41) is 12.0. The number of aliphatic hydroxyl groups is 1. The summed E-state index contributed by atoms with van der Waals surface area (Å²) in [5.74, 6) is -0.516. The summed E-state index contributed by atoms with van der Waals surface area (Å²) in [6, 6.07) is 1.17. The van der Waals surface area contributed by atoms with Gasteiger partial charge in [0.1, 0.15) is 0 Å². The van der Waals surface area contributed by atoms with E-state index in [9.17, 15) is 9.90 Å². The number of Topliss-reactive ketones (excluding diaryl/α,β-unsaturated/α-hetero) is 1. The summed E-state index contributed by atoms with van der Waals surface area (Å²) in [7, 11) is -2.80. The zero-order valence-electron chi connectivity index (χ0n) is 20.3. The molecule has 4 aliphatic rings. The first-order chi connectivity index (χ1) is 14.1. The smallest absolute Gasteiger partial charge is 0.174 e. The van der Waals surface area contributed by atoms with Crippen LogP contribution >= 0.6 is 0 Å². The molecule has 5 rings (SSSR count). The molecule has 2 fully saturated rings. The van der Waals surface area contributed by atoms with Crippen LogP contribution in [0.5, 0.6) is 11.5 Å². The Hall–Kier alpha value is -1.59. The van der Waals surface area contributed by atoms with Gasteiger partial charge >= 0.3 is 0 Å². The Bertz CT molecular complexity index is 992. The van der Waals surface area contributed by atoms with E-state index >= 15 is 0 Å². The minimum absolute atomic E-state index is 0.0437. The van der Waals surface area contributed by atoms with Crippen molar-refractivity contribution in [1.82, 2.24) is 4.90 Å². The Morgan fingerprint density at radius 1 is 1.52 bits per heavy atom. The molecule has 1 saturated heterocycles. The van der Waals surface area contributed by atoms with Crippen molar-refractivity contribution in [3.63, 3.8) is 0 Å². The SMILES string of the molecule is [2H]C([2H])([2H])Oc1ccc2c3c1OC1C(=O)CC[C@@]4(O)[C@H](N(C([2H])([2H])[2H])CC[C@]314)C2([2H])[2H]. The zero-order valence-corrected chi connectivity index (χ0v) is 12.3. The van der Waals surface area contributed by atoms with Crippen molar-refractivity contribution in [2.45, 2.75) is 48.8 Å². The van der Waals surface area contributed by atoms with Gasteiger partial charge in [0.25, 0.3) is 0 Å². The molecule has 1 aromatic carbocycles. The first-order valence-electron chi connectivity index (χ1n) is 11.7. The number of methoxy groups -OCH3 is 1. The number of hydrogen-bond acceptors (Lipinski definition) is 5. The molecule has 5 heteroatoms. The van der Waals surface area contributed by atoms with E-state index in [4.69, 9.17) is 20.4 Å². The molecule has 2 heterocycles. The van der Waals surface area contributed by atoms with Crippen LogP contribution in [0.4, 0.5) is 0 Å². The van der Waals surface area contributed by atoms with Gasteiger partial charge in [0.05, 0.1) is 22.2 Å². The summed E-state index contributed by atoms with van der Waals surface area (Å²) in [6.45, 7) is -2.74. The van der Waals surface area contributed by atoms with Crippen LogP contribution < -0.4 is 9.47 Å². The minimum Gasteiger partial charge on any atom is -0.493 e. The molecule has 0 radical (unpaired) electrons. The third-order valence-corrected chi connectivity index (χ3v) is 5.98. The Kier molecular flexibility index (Phi) is 1.42. The van der Waals surface area contributed by atoms with Crippen molar-refractivity contribution in [1.29, 1.82) is 0 Å². The molecule has 2 aliphatic carbocycles. The molecular weight excluding hydrogens is 294 g/mol. The third kappa shape index (κ3) is 1.32. The van der Waals surface area contributed by atoms with Crippen molar-refractivity contribution in [3.8, 4) is 11.5 Å². The fraction of sp³-hybridized carbons (Fsp3) is 0.611. The predicted octanol–water partition coefficient (Wildman–Crippen LogP) is 1.05. The second-order valence-electron chi connectivity index (χ2n) is 6.77. The highest BCUT2D eigenvalue weighted by Gasteiger charge is 2.72. The van der Waals surface area contributed by atoms with Crippen LogP contribution in [0.1, 0.15) is 41.4 Å². The van der Waals surface area contributed by atoms with Crippen LogP contribution in [0.25, 0.3) is 0 Å². The van der Waals surface area contributed by atoms with Crippen LogP contribution in [-0.2, 0) is 16.6 Å². The molecule has 0 amide bonds. The van der Waals surface area contributed by atoms with Gasteiger partial charge in [-0.2, -0.15) is 0 Å². The standard InChI is InChI=1S/C18H21NO4/c1-19-8-7-17-14-10-3-4-12(22-2)15(14)23-16(17)11(20)5-6-18(17,21)13(19)9-10/h3-4,13,16,21H,5-9H2,1-2H3/t13-,16?,17+,18-/m1/s1/i1D3,2D3,9D2. The Morgan fingerprint density at radius 2 is 2.43 bits per heavy atom. The van der Waals surface area contributed by atoms with E-state index in [1.54, 1.807) is 0 Å². The van der Waals surface area contributed by atoms with E-state index < -0.39 is 43.5 Å². The van der Waals surface area contributed by atoms with Gasteiger partial charge in [-0.15, -0.1) is 0 Å².